The lowest BCUT2D eigenvalue weighted by molar-refractivity contribution is 0.0248. The van der Waals surface area contributed by atoms with Gasteiger partial charge in [0.2, 0.25) is 0 Å². The molecule has 0 aromatic carbocycles. The Morgan fingerprint density at radius 2 is 2.17 bits per heavy atom. The van der Waals surface area contributed by atoms with Crippen molar-refractivity contribution in [3.8, 4) is 0 Å². The second-order valence-electron chi connectivity index (χ2n) is 6.80. The number of nitrogens with zero attached hydrogens (tertiary/aromatic N) is 4. The molecule has 0 spiro atoms. The molecule has 0 bridgehead atoms. The first-order valence-electron chi connectivity index (χ1n) is 8.20. The van der Waals surface area contributed by atoms with Gasteiger partial charge in [0.25, 0.3) is 5.91 Å². The van der Waals surface area contributed by atoms with Crippen LogP contribution in [0.1, 0.15) is 49.3 Å². The number of rotatable bonds is 2. The van der Waals surface area contributed by atoms with E-state index in [1.54, 1.807) is 11.1 Å². The topological polar surface area (TPSA) is 71.2 Å². The van der Waals surface area contributed by atoms with Crippen molar-refractivity contribution >= 4 is 16.9 Å². The fourth-order valence-corrected chi connectivity index (χ4v) is 3.06. The van der Waals surface area contributed by atoms with Gasteiger partial charge in [-0.15, -0.1) is 0 Å². The molecule has 2 aromatic rings. The summed E-state index contributed by atoms with van der Waals surface area (Å²) in [5.41, 5.74) is 2.11. The SMILES string of the molecule is Cc1nc2c(cnn2C(C)C)cc1C(=O)N1CCC(C)C(O)C1. The molecule has 6 heteroatoms. The van der Waals surface area contributed by atoms with Crippen molar-refractivity contribution in [2.45, 2.75) is 46.3 Å². The van der Waals surface area contributed by atoms with Crippen molar-refractivity contribution in [2.75, 3.05) is 13.1 Å². The first kappa shape index (κ1) is 15.9. The molecule has 6 nitrogen and oxygen atoms in total. The number of fused-ring (bicyclic) bond motifs is 1. The van der Waals surface area contributed by atoms with E-state index in [9.17, 15) is 9.90 Å². The van der Waals surface area contributed by atoms with E-state index < -0.39 is 6.10 Å². The molecule has 23 heavy (non-hydrogen) atoms. The van der Waals surface area contributed by atoms with Crippen LogP contribution in [0.25, 0.3) is 11.0 Å². The van der Waals surface area contributed by atoms with Crippen LogP contribution in [0, 0.1) is 12.8 Å². The van der Waals surface area contributed by atoms with E-state index in [0.29, 0.717) is 24.3 Å². The summed E-state index contributed by atoms with van der Waals surface area (Å²) in [7, 11) is 0. The van der Waals surface area contributed by atoms with Crippen molar-refractivity contribution in [1.29, 1.82) is 0 Å². The number of aryl methyl sites for hydroxylation is 1. The molecular formula is C17H24N4O2. The highest BCUT2D eigenvalue weighted by Gasteiger charge is 2.29. The number of likely N-dealkylation sites (tertiary alicyclic amines) is 1. The maximum Gasteiger partial charge on any atom is 0.255 e. The summed E-state index contributed by atoms with van der Waals surface area (Å²) >= 11 is 0. The maximum atomic E-state index is 12.8. The zero-order chi connectivity index (χ0) is 16.7. The second-order valence-corrected chi connectivity index (χ2v) is 6.80. The zero-order valence-electron chi connectivity index (χ0n) is 14.2. The Morgan fingerprint density at radius 1 is 1.43 bits per heavy atom. The molecule has 124 valence electrons. The Bertz CT molecular complexity index is 738. The summed E-state index contributed by atoms with van der Waals surface area (Å²) in [6.45, 7) is 9.05. The van der Waals surface area contributed by atoms with Gasteiger partial charge in [0, 0.05) is 24.5 Å². The van der Waals surface area contributed by atoms with E-state index in [4.69, 9.17) is 0 Å². The number of piperidine rings is 1. The lowest BCUT2D eigenvalue weighted by Crippen LogP contribution is -2.46. The lowest BCUT2D eigenvalue weighted by atomic mass is 9.95. The van der Waals surface area contributed by atoms with Gasteiger partial charge < -0.3 is 10.0 Å². The highest BCUT2D eigenvalue weighted by atomic mass is 16.3. The van der Waals surface area contributed by atoms with Crippen LogP contribution in [0.3, 0.4) is 0 Å². The van der Waals surface area contributed by atoms with Crippen molar-refractivity contribution in [3.05, 3.63) is 23.5 Å². The predicted octanol–water partition coefficient (Wildman–Crippen LogP) is 2.16. The van der Waals surface area contributed by atoms with Crippen LogP contribution in [0.2, 0.25) is 0 Å². The van der Waals surface area contributed by atoms with Gasteiger partial charge in [-0.2, -0.15) is 5.10 Å². The summed E-state index contributed by atoms with van der Waals surface area (Å²) < 4.78 is 1.86. The number of hydrogen-bond acceptors (Lipinski definition) is 4. The normalized spacial score (nSPS) is 22.1. The number of carbonyl (C=O) groups excluding carboxylic acids is 1. The quantitative estimate of drug-likeness (QED) is 0.921. The molecule has 2 unspecified atom stereocenters. The molecule has 2 aromatic heterocycles. The van der Waals surface area contributed by atoms with Crippen LogP contribution in [-0.2, 0) is 0 Å². The van der Waals surface area contributed by atoms with Gasteiger partial charge in [-0.25, -0.2) is 9.67 Å². The number of aliphatic hydroxyl groups excluding tert-OH is 1. The van der Waals surface area contributed by atoms with Crippen molar-refractivity contribution in [1.82, 2.24) is 19.7 Å². The monoisotopic (exact) mass is 316 g/mol. The lowest BCUT2D eigenvalue weighted by Gasteiger charge is -2.34. The maximum absolute atomic E-state index is 12.8. The van der Waals surface area contributed by atoms with E-state index in [1.807, 2.05) is 24.6 Å². The largest absolute Gasteiger partial charge is 0.391 e. The number of carbonyl (C=O) groups is 1. The highest BCUT2D eigenvalue weighted by Crippen LogP contribution is 2.23. The first-order chi connectivity index (χ1) is 10.9. The fraction of sp³-hybridized carbons (Fsp3) is 0.588. The molecule has 1 N–H and O–H groups in total. The van der Waals surface area contributed by atoms with Gasteiger partial charge in [0.05, 0.1) is 23.6 Å². The molecule has 1 amide bonds. The standard InChI is InChI=1S/C17H24N4O2/c1-10(2)21-16-13(8-18-21)7-14(12(4)19-16)17(23)20-6-5-11(3)15(22)9-20/h7-8,10-11,15,22H,5-6,9H2,1-4H3. The van der Waals surface area contributed by atoms with Crippen molar-refractivity contribution in [2.24, 2.45) is 5.92 Å². The molecule has 0 saturated carbocycles. The average Bonchev–Trinajstić information content (AvgIpc) is 2.91. The van der Waals surface area contributed by atoms with Crippen LogP contribution in [-0.4, -0.2) is 49.9 Å². The van der Waals surface area contributed by atoms with Crippen LogP contribution < -0.4 is 0 Å². The van der Waals surface area contributed by atoms with Gasteiger partial charge in [0.1, 0.15) is 0 Å². The molecule has 0 radical (unpaired) electrons. The molecule has 3 heterocycles. The Morgan fingerprint density at radius 3 is 2.83 bits per heavy atom. The molecule has 0 aliphatic carbocycles. The van der Waals surface area contributed by atoms with Crippen molar-refractivity contribution < 1.29 is 9.90 Å². The third kappa shape index (κ3) is 2.83. The minimum atomic E-state index is -0.451. The van der Waals surface area contributed by atoms with Gasteiger partial charge >= 0.3 is 0 Å². The number of β-amino-alcohol motifs (C(OH)–C–C–N with tert-alkyl or cyclic N) is 1. The molecule has 1 aliphatic heterocycles. The van der Waals surface area contributed by atoms with E-state index in [1.165, 1.54) is 0 Å². The van der Waals surface area contributed by atoms with E-state index in [0.717, 1.165) is 17.5 Å². The summed E-state index contributed by atoms with van der Waals surface area (Å²) in [6.07, 6.45) is 2.13. The summed E-state index contributed by atoms with van der Waals surface area (Å²) in [5, 5.41) is 15.3. The minimum Gasteiger partial charge on any atom is -0.391 e. The highest BCUT2D eigenvalue weighted by molar-refractivity contribution is 5.98. The number of amides is 1. The minimum absolute atomic E-state index is 0.0554. The van der Waals surface area contributed by atoms with Crippen LogP contribution in [0.15, 0.2) is 12.3 Å². The van der Waals surface area contributed by atoms with E-state index in [-0.39, 0.29) is 17.9 Å². The third-order valence-electron chi connectivity index (χ3n) is 4.69. The predicted molar refractivity (Wildman–Crippen MR) is 88.3 cm³/mol. The Hall–Kier alpha value is -1.95. The van der Waals surface area contributed by atoms with Gasteiger partial charge in [0.15, 0.2) is 5.65 Å². The summed E-state index contributed by atoms with van der Waals surface area (Å²) in [6, 6.07) is 2.09. The average molecular weight is 316 g/mol. The number of aromatic nitrogens is 3. The van der Waals surface area contributed by atoms with Gasteiger partial charge in [-0.3, -0.25) is 4.79 Å². The molecular weight excluding hydrogens is 292 g/mol. The first-order valence-corrected chi connectivity index (χ1v) is 8.20. The van der Waals surface area contributed by atoms with Crippen LogP contribution in [0.4, 0.5) is 0 Å². The Labute approximate surface area is 136 Å². The number of hydrogen-bond donors (Lipinski definition) is 1. The van der Waals surface area contributed by atoms with Gasteiger partial charge in [-0.1, -0.05) is 6.92 Å². The fourth-order valence-electron chi connectivity index (χ4n) is 3.06. The third-order valence-corrected chi connectivity index (χ3v) is 4.69. The Kier molecular flexibility index (Phi) is 4.10. The summed E-state index contributed by atoms with van der Waals surface area (Å²) in [5.74, 6) is 0.185. The van der Waals surface area contributed by atoms with Crippen molar-refractivity contribution in [3.63, 3.8) is 0 Å². The molecule has 1 aliphatic rings. The van der Waals surface area contributed by atoms with E-state index >= 15 is 0 Å². The molecule has 1 saturated heterocycles. The molecule has 3 rings (SSSR count). The molecule has 1 fully saturated rings. The number of aliphatic hydroxyl groups is 1. The van der Waals surface area contributed by atoms with Crippen LogP contribution in [0.5, 0.6) is 0 Å². The second kappa shape index (κ2) is 5.92. The molecule has 2 atom stereocenters. The number of pyridine rings is 1. The Balaban J connectivity index is 1.93. The van der Waals surface area contributed by atoms with Crippen LogP contribution >= 0.6 is 0 Å². The van der Waals surface area contributed by atoms with Gasteiger partial charge in [-0.05, 0) is 39.2 Å². The summed E-state index contributed by atoms with van der Waals surface area (Å²) in [4.78, 5) is 19.1. The zero-order valence-corrected chi connectivity index (χ0v) is 14.2. The smallest absolute Gasteiger partial charge is 0.255 e. The van der Waals surface area contributed by atoms with E-state index in [2.05, 4.69) is 23.9 Å².